The van der Waals surface area contributed by atoms with Crippen LogP contribution in [0.3, 0.4) is 0 Å². The number of carboxylic acids is 1. The van der Waals surface area contributed by atoms with E-state index in [1.807, 2.05) is 37.3 Å². The maximum absolute atomic E-state index is 12.7. The zero-order valence-corrected chi connectivity index (χ0v) is 14.2. The normalized spacial score (nSPS) is 12.5. The summed E-state index contributed by atoms with van der Waals surface area (Å²) >= 11 is 0. The fourth-order valence-corrected chi connectivity index (χ4v) is 3.16. The molecule has 0 saturated heterocycles. The Bertz CT molecular complexity index is 1210. The van der Waals surface area contributed by atoms with Crippen LogP contribution in [0.5, 0.6) is 0 Å². The Morgan fingerprint density at radius 2 is 1.92 bits per heavy atom. The van der Waals surface area contributed by atoms with Crippen LogP contribution in [0.2, 0.25) is 0 Å². The lowest BCUT2D eigenvalue weighted by Gasteiger charge is -2.11. The van der Waals surface area contributed by atoms with E-state index in [2.05, 4.69) is 10.1 Å². The smallest absolute Gasteiger partial charge is 0.326 e. The van der Waals surface area contributed by atoms with Gasteiger partial charge in [-0.15, -0.1) is 0 Å². The number of carbonyl (C=O) groups is 1. The second-order valence-electron chi connectivity index (χ2n) is 6.16. The summed E-state index contributed by atoms with van der Waals surface area (Å²) in [7, 11) is 0. The van der Waals surface area contributed by atoms with Crippen molar-refractivity contribution in [1.82, 2.24) is 19.2 Å². The maximum atomic E-state index is 12.7. The second kappa shape index (κ2) is 5.80. The highest BCUT2D eigenvalue weighted by molar-refractivity contribution is 5.86. The summed E-state index contributed by atoms with van der Waals surface area (Å²) in [5.74, 6) is -1.07. The molecule has 1 atom stereocenters. The van der Waals surface area contributed by atoms with Gasteiger partial charge in [0.05, 0.1) is 16.6 Å². The molecule has 3 heterocycles. The molecule has 1 aromatic carbocycles. The minimum atomic E-state index is -1.07. The lowest BCUT2D eigenvalue weighted by Crippen LogP contribution is -2.28. The molecule has 0 aliphatic carbocycles. The van der Waals surface area contributed by atoms with Crippen molar-refractivity contribution in [2.75, 3.05) is 0 Å². The van der Waals surface area contributed by atoms with E-state index in [1.165, 1.54) is 23.9 Å². The Morgan fingerprint density at radius 3 is 2.62 bits per heavy atom. The van der Waals surface area contributed by atoms with Crippen molar-refractivity contribution in [3.8, 4) is 11.1 Å². The standard InChI is InChI=1S/C19H16N4O3/c1-11-16(13-6-4-3-5-7-13)17-20-10-14-15(23(17)21-11)8-9-22(18(14)24)12(2)19(25)26/h3-10,12H,1-2H3,(H,25,26)/t12-/m0/s1. The van der Waals surface area contributed by atoms with E-state index in [0.29, 0.717) is 16.6 Å². The van der Waals surface area contributed by atoms with Crippen LogP contribution in [0.15, 0.2) is 53.6 Å². The van der Waals surface area contributed by atoms with E-state index in [9.17, 15) is 14.7 Å². The van der Waals surface area contributed by atoms with Crippen LogP contribution < -0.4 is 5.56 Å². The maximum Gasteiger partial charge on any atom is 0.326 e. The molecule has 130 valence electrons. The summed E-state index contributed by atoms with van der Waals surface area (Å²) in [5, 5.41) is 14.1. The van der Waals surface area contributed by atoms with Gasteiger partial charge in [-0.1, -0.05) is 30.3 Å². The van der Waals surface area contributed by atoms with Gasteiger partial charge in [0.2, 0.25) is 0 Å². The molecule has 4 rings (SSSR count). The number of aromatic nitrogens is 4. The molecule has 0 radical (unpaired) electrons. The van der Waals surface area contributed by atoms with Gasteiger partial charge in [-0.05, 0) is 25.5 Å². The number of nitrogens with zero attached hydrogens (tertiary/aromatic N) is 4. The van der Waals surface area contributed by atoms with Crippen molar-refractivity contribution >= 4 is 22.5 Å². The lowest BCUT2D eigenvalue weighted by atomic mass is 10.1. The fourth-order valence-electron chi connectivity index (χ4n) is 3.16. The number of benzene rings is 1. The Balaban J connectivity index is 2.02. The highest BCUT2D eigenvalue weighted by Gasteiger charge is 2.19. The van der Waals surface area contributed by atoms with Gasteiger partial charge >= 0.3 is 5.97 Å². The summed E-state index contributed by atoms with van der Waals surface area (Å²) in [4.78, 5) is 28.4. The van der Waals surface area contributed by atoms with E-state index in [0.717, 1.165) is 16.8 Å². The molecule has 3 aromatic heterocycles. The molecule has 0 bridgehead atoms. The minimum Gasteiger partial charge on any atom is -0.480 e. The zero-order chi connectivity index (χ0) is 18.4. The van der Waals surface area contributed by atoms with Gasteiger partial charge in [0.1, 0.15) is 6.04 Å². The Morgan fingerprint density at radius 1 is 1.19 bits per heavy atom. The van der Waals surface area contributed by atoms with Gasteiger partial charge < -0.3 is 9.67 Å². The summed E-state index contributed by atoms with van der Waals surface area (Å²) in [5.41, 5.74) is 3.57. The van der Waals surface area contributed by atoms with Crippen LogP contribution in [0.25, 0.3) is 27.7 Å². The number of aryl methyl sites for hydroxylation is 1. The first-order valence-electron chi connectivity index (χ1n) is 8.16. The van der Waals surface area contributed by atoms with Gasteiger partial charge in [0.15, 0.2) is 5.65 Å². The van der Waals surface area contributed by atoms with E-state index in [-0.39, 0.29) is 0 Å². The Kier molecular flexibility index (Phi) is 3.57. The molecular weight excluding hydrogens is 332 g/mol. The van der Waals surface area contributed by atoms with Crippen LogP contribution in [0, 0.1) is 6.92 Å². The van der Waals surface area contributed by atoms with Crippen molar-refractivity contribution in [2.45, 2.75) is 19.9 Å². The molecular formula is C19H16N4O3. The lowest BCUT2D eigenvalue weighted by molar-refractivity contribution is -0.140. The number of fused-ring (bicyclic) bond motifs is 3. The molecule has 0 fully saturated rings. The second-order valence-corrected chi connectivity index (χ2v) is 6.16. The molecule has 7 heteroatoms. The number of aliphatic carboxylic acids is 1. The van der Waals surface area contributed by atoms with Crippen molar-refractivity contribution in [3.63, 3.8) is 0 Å². The van der Waals surface area contributed by atoms with Crippen LogP contribution in [0.1, 0.15) is 18.7 Å². The predicted molar refractivity (Wildman–Crippen MR) is 97.3 cm³/mol. The fraction of sp³-hybridized carbons (Fsp3) is 0.158. The molecule has 7 nitrogen and oxygen atoms in total. The molecule has 1 N–H and O–H groups in total. The summed E-state index contributed by atoms with van der Waals surface area (Å²) in [6, 6.07) is 10.6. The molecule has 0 unspecified atom stereocenters. The average molecular weight is 348 g/mol. The van der Waals surface area contributed by atoms with Gasteiger partial charge in [-0.3, -0.25) is 4.79 Å². The number of rotatable bonds is 3. The van der Waals surface area contributed by atoms with Gasteiger partial charge in [-0.25, -0.2) is 14.3 Å². The minimum absolute atomic E-state index is 0.329. The van der Waals surface area contributed by atoms with Crippen LogP contribution in [-0.4, -0.2) is 30.2 Å². The van der Waals surface area contributed by atoms with Crippen molar-refractivity contribution in [2.24, 2.45) is 0 Å². The van der Waals surface area contributed by atoms with E-state index >= 15 is 0 Å². The average Bonchev–Trinajstić information content (AvgIpc) is 2.98. The largest absolute Gasteiger partial charge is 0.480 e. The number of carboxylic acid groups (broad SMARTS) is 1. The van der Waals surface area contributed by atoms with Crippen LogP contribution in [-0.2, 0) is 4.79 Å². The third kappa shape index (κ3) is 2.28. The number of pyridine rings is 1. The third-order valence-electron chi connectivity index (χ3n) is 4.55. The van der Waals surface area contributed by atoms with Crippen molar-refractivity contribution in [1.29, 1.82) is 0 Å². The summed E-state index contributed by atoms with van der Waals surface area (Å²) in [6.45, 7) is 3.36. The van der Waals surface area contributed by atoms with Crippen molar-refractivity contribution in [3.05, 3.63) is 64.8 Å². The van der Waals surface area contributed by atoms with E-state index in [4.69, 9.17) is 0 Å². The quantitative estimate of drug-likeness (QED) is 0.615. The zero-order valence-electron chi connectivity index (χ0n) is 14.2. The summed E-state index contributed by atoms with van der Waals surface area (Å²) in [6.07, 6.45) is 2.98. The predicted octanol–water partition coefficient (Wildman–Crippen LogP) is 2.67. The highest BCUT2D eigenvalue weighted by Crippen LogP contribution is 2.28. The van der Waals surface area contributed by atoms with E-state index < -0.39 is 17.6 Å². The monoisotopic (exact) mass is 348 g/mol. The van der Waals surface area contributed by atoms with E-state index in [1.54, 1.807) is 10.6 Å². The molecule has 0 aliphatic rings. The summed E-state index contributed by atoms with van der Waals surface area (Å²) < 4.78 is 2.83. The molecule has 0 spiro atoms. The Labute approximate surface area is 148 Å². The number of hydrogen-bond donors (Lipinski definition) is 1. The molecule has 0 saturated carbocycles. The van der Waals surface area contributed by atoms with Crippen molar-refractivity contribution < 1.29 is 9.90 Å². The topological polar surface area (TPSA) is 89.5 Å². The van der Waals surface area contributed by atoms with Crippen LogP contribution in [0.4, 0.5) is 0 Å². The molecule has 4 aromatic rings. The first kappa shape index (κ1) is 16.0. The van der Waals surface area contributed by atoms with Gasteiger partial charge in [-0.2, -0.15) is 5.10 Å². The Hall–Kier alpha value is -3.48. The molecule has 0 amide bonds. The van der Waals surface area contributed by atoms with Gasteiger partial charge in [0.25, 0.3) is 5.56 Å². The molecule has 0 aliphatic heterocycles. The SMILES string of the molecule is Cc1nn2c(ncc3c(=O)n([C@@H](C)C(=O)O)ccc32)c1-c1ccccc1. The number of hydrogen-bond acceptors (Lipinski definition) is 4. The highest BCUT2D eigenvalue weighted by atomic mass is 16.4. The first-order valence-corrected chi connectivity index (χ1v) is 8.16. The first-order chi connectivity index (χ1) is 12.5. The molecule has 26 heavy (non-hydrogen) atoms. The third-order valence-corrected chi connectivity index (χ3v) is 4.55. The van der Waals surface area contributed by atoms with Gasteiger partial charge in [0, 0.05) is 18.0 Å². The van der Waals surface area contributed by atoms with Crippen LogP contribution >= 0.6 is 0 Å².